The van der Waals surface area contributed by atoms with Gasteiger partial charge in [-0.15, -0.1) is 0 Å². The van der Waals surface area contributed by atoms with Gasteiger partial charge in [-0.25, -0.2) is 4.79 Å². The normalized spacial score (nSPS) is 11.9. The van der Waals surface area contributed by atoms with E-state index >= 15 is 0 Å². The number of amides is 2. The number of carboxylic acid groups (broad SMARTS) is 1. The van der Waals surface area contributed by atoms with Gasteiger partial charge in [0.05, 0.1) is 5.92 Å². The van der Waals surface area contributed by atoms with Crippen LogP contribution >= 0.6 is 0 Å². The number of urea groups is 1. The van der Waals surface area contributed by atoms with Crippen molar-refractivity contribution in [1.82, 2.24) is 16.0 Å². The molecule has 2 amide bonds. The van der Waals surface area contributed by atoms with Crippen LogP contribution in [-0.4, -0.2) is 43.8 Å². The summed E-state index contributed by atoms with van der Waals surface area (Å²) in [6.07, 6.45) is 2.22. The topological polar surface area (TPSA) is 90.5 Å². The van der Waals surface area contributed by atoms with Gasteiger partial charge < -0.3 is 21.1 Å². The van der Waals surface area contributed by atoms with E-state index in [-0.39, 0.29) is 12.6 Å². The molecule has 6 nitrogen and oxygen atoms in total. The van der Waals surface area contributed by atoms with Gasteiger partial charge in [-0.05, 0) is 26.4 Å². The third kappa shape index (κ3) is 8.50. The van der Waals surface area contributed by atoms with Crippen LogP contribution in [0, 0.1) is 5.92 Å². The highest BCUT2D eigenvalue weighted by molar-refractivity contribution is 5.75. The van der Waals surface area contributed by atoms with Crippen LogP contribution in [0.3, 0.4) is 0 Å². The Labute approximate surface area is 102 Å². The van der Waals surface area contributed by atoms with Gasteiger partial charge in [0.15, 0.2) is 0 Å². The van der Waals surface area contributed by atoms with Gasteiger partial charge in [-0.1, -0.05) is 13.3 Å². The van der Waals surface area contributed by atoms with Crippen LogP contribution in [0.25, 0.3) is 0 Å². The van der Waals surface area contributed by atoms with Crippen molar-refractivity contribution in [2.24, 2.45) is 5.92 Å². The predicted octanol–water partition coefficient (Wildman–Crippen LogP) is 0.396. The molecule has 0 aromatic heterocycles. The summed E-state index contributed by atoms with van der Waals surface area (Å²) in [6, 6.07) is -0.302. The third-order valence-electron chi connectivity index (χ3n) is 2.38. The Bertz CT molecular complexity index is 234. The fourth-order valence-electron chi connectivity index (χ4n) is 1.41. The van der Waals surface area contributed by atoms with Crippen LogP contribution in [0.15, 0.2) is 0 Å². The van der Waals surface area contributed by atoms with E-state index in [2.05, 4.69) is 16.0 Å². The van der Waals surface area contributed by atoms with Crippen molar-refractivity contribution < 1.29 is 14.7 Å². The molecule has 0 aromatic carbocycles. The molecule has 17 heavy (non-hydrogen) atoms. The maximum Gasteiger partial charge on any atom is 0.314 e. The first kappa shape index (κ1) is 15.7. The van der Waals surface area contributed by atoms with Crippen molar-refractivity contribution in [3.63, 3.8) is 0 Å². The van der Waals surface area contributed by atoms with Crippen molar-refractivity contribution >= 4 is 12.0 Å². The number of aliphatic carboxylic acids is 1. The van der Waals surface area contributed by atoms with Crippen LogP contribution in [0.4, 0.5) is 4.79 Å². The van der Waals surface area contributed by atoms with E-state index in [0.717, 1.165) is 19.4 Å². The lowest BCUT2D eigenvalue weighted by atomic mass is 10.0. The fourth-order valence-corrected chi connectivity index (χ4v) is 1.41. The standard InChI is InChI=1S/C11H23N3O3/c1-3-5-9(10(15)16)8-14-11(17)13-7-4-6-12-2/h9,12H,3-8H2,1-2H3,(H,15,16)(H2,13,14,17). The number of carbonyl (C=O) groups is 2. The number of carbonyl (C=O) groups excluding carboxylic acids is 1. The lowest BCUT2D eigenvalue weighted by Gasteiger charge is -2.12. The highest BCUT2D eigenvalue weighted by Gasteiger charge is 2.16. The van der Waals surface area contributed by atoms with Gasteiger partial charge in [0, 0.05) is 13.1 Å². The Morgan fingerprint density at radius 2 is 1.94 bits per heavy atom. The first-order chi connectivity index (χ1) is 8.11. The summed E-state index contributed by atoms with van der Waals surface area (Å²) >= 11 is 0. The molecule has 0 saturated carbocycles. The maximum atomic E-state index is 11.3. The molecule has 0 rings (SSSR count). The average molecular weight is 245 g/mol. The van der Waals surface area contributed by atoms with E-state index in [1.807, 2.05) is 14.0 Å². The number of carboxylic acids is 1. The quantitative estimate of drug-likeness (QED) is 0.442. The molecular weight excluding hydrogens is 222 g/mol. The van der Waals surface area contributed by atoms with E-state index in [0.29, 0.717) is 13.0 Å². The maximum absolute atomic E-state index is 11.3. The molecule has 6 heteroatoms. The van der Waals surface area contributed by atoms with Crippen molar-refractivity contribution in [2.75, 3.05) is 26.7 Å². The van der Waals surface area contributed by atoms with Crippen LogP contribution in [0.2, 0.25) is 0 Å². The lowest BCUT2D eigenvalue weighted by Crippen LogP contribution is -2.40. The van der Waals surface area contributed by atoms with Gasteiger partial charge in [0.1, 0.15) is 0 Å². The Morgan fingerprint density at radius 1 is 1.24 bits per heavy atom. The van der Waals surface area contributed by atoms with Gasteiger partial charge in [-0.3, -0.25) is 4.79 Å². The summed E-state index contributed by atoms with van der Waals surface area (Å²) in [5, 5.41) is 17.1. The molecule has 100 valence electrons. The predicted molar refractivity (Wildman–Crippen MR) is 66.0 cm³/mol. The molecule has 0 fully saturated rings. The molecule has 0 saturated heterocycles. The lowest BCUT2D eigenvalue weighted by molar-refractivity contribution is -0.141. The molecule has 0 aliphatic carbocycles. The van der Waals surface area contributed by atoms with E-state index in [9.17, 15) is 9.59 Å². The number of hydrogen-bond acceptors (Lipinski definition) is 3. The zero-order valence-electron chi connectivity index (χ0n) is 10.6. The van der Waals surface area contributed by atoms with Crippen molar-refractivity contribution in [3.8, 4) is 0 Å². The molecule has 1 unspecified atom stereocenters. The van der Waals surface area contributed by atoms with Gasteiger partial charge >= 0.3 is 12.0 Å². The molecular formula is C11H23N3O3. The Kier molecular flexibility index (Phi) is 9.14. The van der Waals surface area contributed by atoms with E-state index in [1.54, 1.807) is 0 Å². The Morgan fingerprint density at radius 3 is 2.47 bits per heavy atom. The summed E-state index contributed by atoms with van der Waals surface area (Å²) in [7, 11) is 1.85. The number of hydrogen-bond donors (Lipinski definition) is 4. The van der Waals surface area contributed by atoms with Gasteiger partial charge in [-0.2, -0.15) is 0 Å². The van der Waals surface area contributed by atoms with Gasteiger partial charge in [0.2, 0.25) is 0 Å². The minimum Gasteiger partial charge on any atom is -0.481 e. The zero-order valence-corrected chi connectivity index (χ0v) is 10.6. The van der Waals surface area contributed by atoms with E-state index < -0.39 is 11.9 Å². The Balaban J connectivity index is 3.69. The van der Waals surface area contributed by atoms with E-state index in [1.165, 1.54) is 0 Å². The molecule has 0 aliphatic rings. The molecule has 1 atom stereocenters. The van der Waals surface area contributed by atoms with Gasteiger partial charge in [0.25, 0.3) is 0 Å². The molecule has 0 heterocycles. The highest BCUT2D eigenvalue weighted by atomic mass is 16.4. The second kappa shape index (κ2) is 9.89. The molecule has 0 bridgehead atoms. The second-order valence-electron chi connectivity index (χ2n) is 3.92. The summed E-state index contributed by atoms with van der Waals surface area (Å²) in [5.74, 6) is -1.36. The minimum atomic E-state index is -0.859. The smallest absolute Gasteiger partial charge is 0.314 e. The molecule has 0 radical (unpaired) electrons. The third-order valence-corrected chi connectivity index (χ3v) is 2.38. The highest BCUT2D eigenvalue weighted by Crippen LogP contribution is 2.04. The van der Waals surface area contributed by atoms with Crippen molar-refractivity contribution in [1.29, 1.82) is 0 Å². The Hall–Kier alpha value is -1.30. The largest absolute Gasteiger partial charge is 0.481 e. The van der Waals surface area contributed by atoms with Crippen LogP contribution in [0.5, 0.6) is 0 Å². The first-order valence-electron chi connectivity index (χ1n) is 6.00. The van der Waals surface area contributed by atoms with Crippen molar-refractivity contribution in [3.05, 3.63) is 0 Å². The monoisotopic (exact) mass is 245 g/mol. The van der Waals surface area contributed by atoms with E-state index in [4.69, 9.17) is 5.11 Å². The fraction of sp³-hybridized carbons (Fsp3) is 0.818. The molecule has 0 aromatic rings. The zero-order chi connectivity index (χ0) is 13.1. The first-order valence-corrected chi connectivity index (χ1v) is 6.00. The van der Waals surface area contributed by atoms with Crippen LogP contribution < -0.4 is 16.0 Å². The summed E-state index contributed by atoms with van der Waals surface area (Å²) in [6.45, 7) is 3.53. The summed E-state index contributed by atoms with van der Waals surface area (Å²) < 4.78 is 0. The van der Waals surface area contributed by atoms with Crippen LogP contribution in [-0.2, 0) is 4.79 Å². The molecule has 0 aliphatic heterocycles. The summed E-state index contributed by atoms with van der Waals surface area (Å²) in [5.41, 5.74) is 0. The number of nitrogens with one attached hydrogen (secondary N) is 3. The second-order valence-corrected chi connectivity index (χ2v) is 3.92. The number of rotatable bonds is 9. The molecule has 4 N–H and O–H groups in total. The molecule has 0 spiro atoms. The summed E-state index contributed by atoms with van der Waals surface area (Å²) in [4.78, 5) is 22.1. The van der Waals surface area contributed by atoms with Crippen molar-refractivity contribution in [2.45, 2.75) is 26.2 Å². The van der Waals surface area contributed by atoms with Crippen LogP contribution in [0.1, 0.15) is 26.2 Å². The minimum absolute atomic E-state index is 0.182. The average Bonchev–Trinajstić information content (AvgIpc) is 2.29. The SMILES string of the molecule is CCCC(CNC(=O)NCCCNC)C(=O)O.